The number of ether oxygens (including phenoxy) is 3. The molecule has 0 aromatic heterocycles. The zero-order valence-corrected chi connectivity index (χ0v) is 13.1. The molecule has 0 saturated carbocycles. The van der Waals surface area contributed by atoms with Crippen molar-refractivity contribution in [1.82, 2.24) is 4.90 Å². The highest BCUT2D eigenvalue weighted by Gasteiger charge is 2.19. The summed E-state index contributed by atoms with van der Waals surface area (Å²) in [5.74, 6) is 1.04. The highest BCUT2D eigenvalue weighted by molar-refractivity contribution is 6.32. The predicted octanol–water partition coefficient (Wildman–Crippen LogP) is 2.84. The second kappa shape index (κ2) is 7.52. The van der Waals surface area contributed by atoms with Crippen LogP contribution in [0.5, 0.6) is 11.5 Å². The van der Waals surface area contributed by atoms with E-state index in [9.17, 15) is 4.79 Å². The van der Waals surface area contributed by atoms with Gasteiger partial charge in [-0.15, -0.1) is 0 Å². The van der Waals surface area contributed by atoms with Gasteiger partial charge in [0.1, 0.15) is 0 Å². The van der Waals surface area contributed by atoms with Gasteiger partial charge in [0.05, 0.1) is 18.2 Å². The van der Waals surface area contributed by atoms with Crippen molar-refractivity contribution in [2.24, 2.45) is 0 Å². The van der Waals surface area contributed by atoms with Crippen LogP contribution in [0.25, 0.3) is 0 Å². The Morgan fingerprint density at radius 2 is 2.19 bits per heavy atom. The van der Waals surface area contributed by atoms with Crippen LogP contribution in [0.2, 0.25) is 5.02 Å². The standard InChI is InChI=1S/C15H20ClNO4/c1-3-5-17(9-14(18)19-4-2)8-11-6-12(16)15-13(7-11)20-10-21-15/h6-7H,3-5,8-10H2,1-2H3. The molecule has 116 valence electrons. The highest BCUT2D eigenvalue weighted by Crippen LogP contribution is 2.40. The average molecular weight is 314 g/mol. The Labute approximate surface area is 129 Å². The first-order valence-electron chi connectivity index (χ1n) is 7.10. The lowest BCUT2D eigenvalue weighted by atomic mass is 10.2. The van der Waals surface area contributed by atoms with Gasteiger partial charge in [0.25, 0.3) is 0 Å². The monoisotopic (exact) mass is 313 g/mol. The van der Waals surface area contributed by atoms with E-state index in [4.69, 9.17) is 25.8 Å². The van der Waals surface area contributed by atoms with Gasteiger partial charge in [-0.3, -0.25) is 9.69 Å². The van der Waals surface area contributed by atoms with E-state index >= 15 is 0 Å². The minimum Gasteiger partial charge on any atom is -0.465 e. The summed E-state index contributed by atoms with van der Waals surface area (Å²) in [4.78, 5) is 13.7. The van der Waals surface area contributed by atoms with Crippen LogP contribution < -0.4 is 9.47 Å². The van der Waals surface area contributed by atoms with Gasteiger partial charge in [0, 0.05) is 6.54 Å². The molecule has 2 rings (SSSR count). The number of hydrogen-bond acceptors (Lipinski definition) is 5. The van der Waals surface area contributed by atoms with Crippen molar-refractivity contribution >= 4 is 17.6 Å². The van der Waals surface area contributed by atoms with E-state index in [0.29, 0.717) is 29.7 Å². The van der Waals surface area contributed by atoms with Crippen molar-refractivity contribution in [3.8, 4) is 11.5 Å². The van der Waals surface area contributed by atoms with E-state index < -0.39 is 0 Å². The molecule has 1 heterocycles. The average Bonchev–Trinajstić information content (AvgIpc) is 2.88. The molecule has 0 spiro atoms. The van der Waals surface area contributed by atoms with Gasteiger partial charge >= 0.3 is 5.97 Å². The molecule has 21 heavy (non-hydrogen) atoms. The Hall–Kier alpha value is -1.46. The van der Waals surface area contributed by atoms with Gasteiger partial charge in [0.2, 0.25) is 6.79 Å². The first kappa shape index (κ1) is 15.9. The summed E-state index contributed by atoms with van der Waals surface area (Å²) in [6.07, 6.45) is 0.956. The molecule has 0 atom stereocenters. The van der Waals surface area contributed by atoms with Crippen LogP contribution in [0.4, 0.5) is 0 Å². The second-order valence-corrected chi connectivity index (χ2v) is 5.23. The van der Waals surface area contributed by atoms with Crippen LogP contribution in [-0.2, 0) is 16.1 Å². The molecule has 1 aliphatic heterocycles. The first-order valence-corrected chi connectivity index (χ1v) is 7.47. The largest absolute Gasteiger partial charge is 0.465 e. The molecule has 0 fully saturated rings. The zero-order valence-electron chi connectivity index (χ0n) is 12.4. The van der Waals surface area contributed by atoms with Crippen LogP contribution in [-0.4, -0.2) is 37.4 Å². The van der Waals surface area contributed by atoms with Gasteiger partial charge in [-0.05, 0) is 37.6 Å². The number of fused-ring (bicyclic) bond motifs is 1. The molecule has 1 aliphatic rings. The van der Waals surface area contributed by atoms with Gasteiger partial charge < -0.3 is 14.2 Å². The number of esters is 1. The topological polar surface area (TPSA) is 48.0 Å². The van der Waals surface area contributed by atoms with Crippen LogP contribution in [0.1, 0.15) is 25.8 Å². The molecule has 1 aromatic rings. The fraction of sp³-hybridized carbons (Fsp3) is 0.533. The Morgan fingerprint density at radius 1 is 1.38 bits per heavy atom. The lowest BCUT2D eigenvalue weighted by Crippen LogP contribution is -2.31. The second-order valence-electron chi connectivity index (χ2n) is 4.83. The summed E-state index contributed by atoms with van der Waals surface area (Å²) >= 11 is 6.18. The van der Waals surface area contributed by atoms with Gasteiger partial charge in [-0.1, -0.05) is 18.5 Å². The fourth-order valence-corrected chi connectivity index (χ4v) is 2.58. The normalized spacial score (nSPS) is 12.8. The minimum absolute atomic E-state index is 0.194. The van der Waals surface area contributed by atoms with Crippen molar-refractivity contribution < 1.29 is 19.0 Å². The van der Waals surface area contributed by atoms with Crippen LogP contribution in [0, 0.1) is 0 Å². The van der Waals surface area contributed by atoms with E-state index in [-0.39, 0.29) is 19.3 Å². The van der Waals surface area contributed by atoms with E-state index in [1.807, 2.05) is 17.0 Å². The molecule has 0 aliphatic carbocycles. The number of nitrogens with zero attached hydrogens (tertiary/aromatic N) is 1. The molecular formula is C15H20ClNO4. The summed E-state index contributed by atoms with van der Waals surface area (Å²) in [6.45, 7) is 6.17. The van der Waals surface area contributed by atoms with Crippen LogP contribution >= 0.6 is 11.6 Å². The van der Waals surface area contributed by atoms with E-state index in [0.717, 1.165) is 18.5 Å². The molecular weight excluding hydrogens is 294 g/mol. The number of rotatable bonds is 7. The predicted molar refractivity (Wildman–Crippen MR) is 79.8 cm³/mol. The molecule has 5 nitrogen and oxygen atoms in total. The van der Waals surface area contributed by atoms with E-state index in [1.54, 1.807) is 6.92 Å². The SMILES string of the molecule is CCCN(CC(=O)OCC)Cc1cc(Cl)c2c(c1)OCO2. The lowest BCUT2D eigenvalue weighted by Gasteiger charge is -2.21. The van der Waals surface area contributed by atoms with Crippen LogP contribution in [0.15, 0.2) is 12.1 Å². The highest BCUT2D eigenvalue weighted by atomic mass is 35.5. The Morgan fingerprint density at radius 3 is 2.90 bits per heavy atom. The summed E-state index contributed by atoms with van der Waals surface area (Å²) in [6, 6.07) is 3.75. The number of halogens is 1. The minimum atomic E-state index is -0.210. The van der Waals surface area contributed by atoms with E-state index in [2.05, 4.69) is 6.92 Å². The molecule has 6 heteroatoms. The van der Waals surface area contributed by atoms with Crippen molar-refractivity contribution in [3.63, 3.8) is 0 Å². The summed E-state index contributed by atoms with van der Waals surface area (Å²) in [7, 11) is 0. The number of hydrogen-bond donors (Lipinski definition) is 0. The van der Waals surface area contributed by atoms with Crippen molar-refractivity contribution in [1.29, 1.82) is 0 Å². The maximum atomic E-state index is 11.6. The van der Waals surface area contributed by atoms with Gasteiger partial charge in [0.15, 0.2) is 11.5 Å². The fourth-order valence-electron chi connectivity index (χ4n) is 2.29. The van der Waals surface area contributed by atoms with Crippen LogP contribution in [0.3, 0.4) is 0 Å². The molecule has 0 unspecified atom stereocenters. The van der Waals surface area contributed by atoms with Crippen molar-refractivity contribution in [2.75, 3.05) is 26.5 Å². The Kier molecular flexibility index (Phi) is 5.70. The summed E-state index contributed by atoms with van der Waals surface area (Å²) in [5, 5.41) is 0.535. The Bertz CT molecular complexity index is 507. The molecule has 0 amide bonds. The lowest BCUT2D eigenvalue weighted by molar-refractivity contribution is -0.144. The number of carbonyl (C=O) groups is 1. The van der Waals surface area contributed by atoms with Crippen molar-refractivity contribution in [3.05, 3.63) is 22.7 Å². The van der Waals surface area contributed by atoms with Crippen molar-refractivity contribution in [2.45, 2.75) is 26.8 Å². The quantitative estimate of drug-likeness (QED) is 0.724. The Balaban J connectivity index is 2.06. The van der Waals surface area contributed by atoms with E-state index in [1.165, 1.54) is 0 Å². The number of carbonyl (C=O) groups excluding carboxylic acids is 1. The maximum Gasteiger partial charge on any atom is 0.320 e. The van der Waals surface area contributed by atoms with Gasteiger partial charge in [-0.2, -0.15) is 0 Å². The third kappa shape index (κ3) is 4.25. The molecule has 0 saturated heterocycles. The molecule has 0 radical (unpaired) electrons. The first-order chi connectivity index (χ1) is 10.1. The summed E-state index contributed by atoms with van der Waals surface area (Å²) in [5.41, 5.74) is 0.988. The smallest absolute Gasteiger partial charge is 0.320 e. The molecule has 0 N–H and O–H groups in total. The zero-order chi connectivity index (χ0) is 15.2. The third-order valence-electron chi connectivity index (χ3n) is 3.09. The molecule has 1 aromatic carbocycles. The molecule has 0 bridgehead atoms. The maximum absolute atomic E-state index is 11.6. The van der Waals surface area contributed by atoms with Gasteiger partial charge in [-0.25, -0.2) is 0 Å². The number of benzene rings is 1. The summed E-state index contributed by atoms with van der Waals surface area (Å²) < 4.78 is 15.7. The third-order valence-corrected chi connectivity index (χ3v) is 3.37.